The van der Waals surface area contributed by atoms with Gasteiger partial charge in [0.15, 0.2) is 0 Å². The molecule has 0 fully saturated rings. The van der Waals surface area contributed by atoms with Crippen LogP contribution in [-0.4, -0.2) is 23.3 Å². The zero-order chi connectivity index (χ0) is 13.8. The van der Waals surface area contributed by atoms with Gasteiger partial charge in [0.1, 0.15) is 5.75 Å². The maximum Gasteiger partial charge on any atom is 0.573 e. The van der Waals surface area contributed by atoms with Gasteiger partial charge in [-0.2, -0.15) is 0 Å². The second-order valence-electron chi connectivity index (χ2n) is 3.20. The van der Waals surface area contributed by atoms with E-state index in [1.165, 1.54) is 18.2 Å². The van der Waals surface area contributed by atoms with Gasteiger partial charge in [0.2, 0.25) is 0 Å². The molecule has 1 rings (SSSR count). The first-order valence-corrected chi connectivity index (χ1v) is 5.22. The van der Waals surface area contributed by atoms with Gasteiger partial charge in [0.25, 0.3) is 0 Å². The Bertz CT molecular complexity index is 469. The summed E-state index contributed by atoms with van der Waals surface area (Å²) in [7, 11) is 0. The van der Waals surface area contributed by atoms with Crippen molar-refractivity contribution in [2.75, 3.05) is 5.88 Å². The molecule has 18 heavy (non-hydrogen) atoms. The molecule has 0 aliphatic rings. The van der Waals surface area contributed by atoms with Gasteiger partial charge in [0, 0.05) is 5.88 Å². The van der Waals surface area contributed by atoms with Crippen LogP contribution >= 0.6 is 11.6 Å². The molecular formula is C11H8ClF3O3. The normalized spacial score (nSPS) is 11.8. The maximum atomic E-state index is 12.0. The predicted molar refractivity (Wildman–Crippen MR) is 59.8 cm³/mol. The van der Waals surface area contributed by atoms with Crippen molar-refractivity contribution in [2.45, 2.75) is 6.36 Å². The highest BCUT2D eigenvalue weighted by atomic mass is 35.5. The van der Waals surface area contributed by atoms with Crippen LogP contribution in [0.1, 0.15) is 15.9 Å². The summed E-state index contributed by atoms with van der Waals surface area (Å²) in [5, 5.41) is 8.77. The topological polar surface area (TPSA) is 46.5 Å². The molecule has 1 aromatic rings. The van der Waals surface area contributed by atoms with Gasteiger partial charge in [0.05, 0.1) is 5.56 Å². The molecular weight excluding hydrogens is 273 g/mol. The summed E-state index contributed by atoms with van der Waals surface area (Å²) in [6, 6.07) is 3.09. The van der Waals surface area contributed by atoms with Crippen molar-refractivity contribution in [3.63, 3.8) is 0 Å². The van der Waals surface area contributed by atoms with Crippen molar-refractivity contribution < 1.29 is 27.8 Å². The first-order chi connectivity index (χ1) is 8.31. The number of carboxylic acid groups (broad SMARTS) is 1. The minimum Gasteiger partial charge on any atom is -0.478 e. The molecule has 0 radical (unpaired) electrons. The molecule has 3 nitrogen and oxygen atoms in total. The van der Waals surface area contributed by atoms with Gasteiger partial charge in [-0.05, 0) is 23.8 Å². The van der Waals surface area contributed by atoms with Crippen LogP contribution in [-0.2, 0) is 0 Å². The van der Waals surface area contributed by atoms with Crippen molar-refractivity contribution in [1.29, 1.82) is 0 Å². The fourth-order valence-corrected chi connectivity index (χ4v) is 1.30. The van der Waals surface area contributed by atoms with Gasteiger partial charge in [-0.1, -0.05) is 12.2 Å². The smallest absolute Gasteiger partial charge is 0.478 e. The van der Waals surface area contributed by atoms with Crippen molar-refractivity contribution in [3.8, 4) is 5.75 Å². The van der Waals surface area contributed by atoms with Crippen LogP contribution < -0.4 is 4.74 Å². The monoisotopic (exact) mass is 280 g/mol. The van der Waals surface area contributed by atoms with E-state index < -0.39 is 18.1 Å². The maximum absolute atomic E-state index is 12.0. The van der Waals surface area contributed by atoms with Crippen LogP contribution in [0.15, 0.2) is 24.3 Å². The lowest BCUT2D eigenvalue weighted by atomic mass is 10.1. The van der Waals surface area contributed by atoms with Crippen LogP contribution in [0.3, 0.4) is 0 Å². The molecule has 0 unspecified atom stereocenters. The minimum atomic E-state index is -4.87. The SMILES string of the molecule is O=C(O)c1cc(C=CCCl)cc(OC(F)(F)F)c1. The van der Waals surface area contributed by atoms with E-state index in [9.17, 15) is 18.0 Å². The molecule has 0 heterocycles. The fraction of sp³-hybridized carbons (Fsp3) is 0.182. The number of alkyl halides is 4. The number of rotatable bonds is 4. The molecule has 0 spiro atoms. The molecule has 0 bridgehead atoms. The second-order valence-corrected chi connectivity index (χ2v) is 3.51. The van der Waals surface area contributed by atoms with Crippen LogP contribution in [0.5, 0.6) is 5.75 Å². The van der Waals surface area contributed by atoms with Crippen LogP contribution in [0, 0.1) is 0 Å². The Kier molecular flexibility index (Phi) is 4.61. The molecule has 1 aromatic carbocycles. The first-order valence-electron chi connectivity index (χ1n) is 4.68. The van der Waals surface area contributed by atoms with E-state index in [1.807, 2.05) is 0 Å². The standard InChI is InChI=1S/C11H8ClF3O3/c12-3-1-2-7-4-8(10(16)17)6-9(5-7)18-11(13,14)15/h1-2,4-6H,3H2,(H,16,17). The molecule has 98 valence electrons. The molecule has 0 saturated heterocycles. The molecule has 1 N–H and O–H groups in total. The van der Waals surface area contributed by atoms with Crippen LogP contribution in [0.4, 0.5) is 13.2 Å². The molecule has 0 aromatic heterocycles. The average Bonchev–Trinajstić information content (AvgIpc) is 2.23. The van der Waals surface area contributed by atoms with Gasteiger partial charge < -0.3 is 9.84 Å². The quantitative estimate of drug-likeness (QED) is 0.858. The number of benzene rings is 1. The number of hydrogen-bond acceptors (Lipinski definition) is 2. The average molecular weight is 281 g/mol. The molecule has 0 amide bonds. The molecule has 0 aliphatic carbocycles. The van der Waals surface area contributed by atoms with Gasteiger partial charge >= 0.3 is 12.3 Å². The number of halogens is 4. The summed E-state index contributed by atoms with van der Waals surface area (Å²) in [5.41, 5.74) is -0.0410. The predicted octanol–water partition coefficient (Wildman–Crippen LogP) is 3.54. The number of aromatic carboxylic acids is 1. The Morgan fingerprint density at radius 1 is 1.39 bits per heavy atom. The summed E-state index contributed by atoms with van der Waals surface area (Å²) >= 11 is 5.39. The highest BCUT2D eigenvalue weighted by Gasteiger charge is 2.31. The minimum absolute atomic E-state index is 0.159. The lowest BCUT2D eigenvalue weighted by molar-refractivity contribution is -0.274. The van der Waals surface area contributed by atoms with Crippen molar-refractivity contribution in [2.24, 2.45) is 0 Å². The Hall–Kier alpha value is -1.69. The van der Waals surface area contributed by atoms with E-state index >= 15 is 0 Å². The number of carbonyl (C=O) groups is 1. The zero-order valence-corrected chi connectivity index (χ0v) is 9.63. The highest BCUT2D eigenvalue weighted by molar-refractivity contribution is 6.19. The third-order valence-corrected chi connectivity index (χ3v) is 1.99. The Balaban J connectivity index is 3.13. The lowest BCUT2D eigenvalue weighted by Gasteiger charge is -2.10. The van der Waals surface area contributed by atoms with Gasteiger partial charge in [-0.25, -0.2) is 4.79 Å². The van der Waals surface area contributed by atoms with Crippen LogP contribution in [0.25, 0.3) is 6.08 Å². The number of carboxylic acids is 1. The van der Waals surface area contributed by atoms with Crippen molar-refractivity contribution >= 4 is 23.6 Å². The molecule has 0 aliphatic heterocycles. The largest absolute Gasteiger partial charge is 0.573 e. The zero-order valence-electron chi connectivity index (χ0n) is 8.87. The van der Waals surface area contributed by atoms with E-state index in [0.717, 1.165) is 12.1 Å². The summed E-state index contributed by atoms with van der Waals surface area (Å²) in [4.78, 5) is 10.8. The van der Waals surface area contributed by atoms with Crippen molar-refractivity contribution in [1.82, 2.24) is 0 Å². The fourth-order valence-electron chi connectivity index (χ4n) is 1.21. The van der Waals surface area contributed by atoms with E-state index in [0.29, 0.717) is 0 Å². The summed E-state index contributed by atoms with van der Waals surface area (Å²) in [6.45, 7) is 0. The van der Waals surface area contributed by atoms with Crippen LogP contribution in [0.2, 0.25) is 0 Å². The summed E-state index contributed by atoms with van der Waals surface area (Å²) in [5.74, 6) is -1.77. The molecule has 0 atom stereocenters. The number of ether oxygens (including phenoxy) is 1. The van der Waals surface area contributed by atoms with E-state index in [-0.39, 0.29) is 17.0 Å². The van der Waals surface area contributed by atoms with Gasteiger partial charge in [-0.3, -0.25) is 0 Å². The first kappa shape index (κ1) is 14.4. The lowest BCUT2D eigenvalue weighted by Crippen LogP contribution is -2.17. The number of hydrogen-bond donors (Lipinski definition) is 1. The van der Waals surface area contributed by atoms with E-state index in [1.54, 1.807) is 0 Å². The van der Waals surface area contributed by atoms with Crippen molar-refractivity contribution in [3.05, 3.63) is 35.4 Å². The van der Waals surface area contributed by atoms with E-state index in [4.69, 9.17) is 16.7 Å². The summed E-state index contributed by atoms with van der Waals surface area (Å²) in [6.07, 6.45) is -1.99. The Morgan fingerprint density at radius 3 is 2.56 bits per heavy atom. The Morgan fingerprint density at radius 2 is 2.06 bits per heavy atom. The summed E-state index contributed by atoms with van der Waals surface area (Å²) < 4.78 is 39.8. The van der Waals surface area contributed by atoms with E-state index in [2.05, 4.69) is 4.74 Å². The molecule has 0 saturated carbocycles. The highest BCUT2D eigenvalue weighted by Crippen LogP contribution is 2.25. The third-order valence-electron chi connectivity index (χ3n) is 1.81. The third kappa shape index (κ3) is 4.67. The Labute approximate surface area is 105 Å². The van der Waals surface area contributed by atoms with Gasteiger partial charge in [-0.15, -0.1) is 24.8 Å². The second kappa shape index (κ2) is 5.77. The molecule has 7 heteroatoms. The number of allylic oxidation sites excluding steroid dienone is 1.